The van der Waals surface area contributed by atoms with Crippen LogP contribution in [0.4, 0.5) is 0 Å². The van der Waals surface area contributed by atoms with E-state index in [2.05, 4.69) is 9.79 Å². The number of ether oxygens (including phenoxy) is 1. The van der Waals surface area contributed by atoms with E-state index in [1.54, 1.807) is 30.5 Å². The zero-order chi connectivity index (χ0) is 13.0. The molecule has 0 aliphatic heterocycles. The van der Waals surface area contributed by atoms with Crippen LogP contribution >= 0.6 is 11.8 Å². The molecule has 18 heavy (non-hydrogen) atoms. The standard InChI is InChI=1S/C12H14N2O3S/c1-9-12(15)17-13-14(9)7-8-18-11-5-3-10(16-2)4-6-11/h3-6H,7-8H2,1-2H3. The van der Waals surface area contributed by atoms with E-state index in [0.717, 1.165) is 16.4 Å². The Balaban J connectivity index is 1.86. The number of benzene rings is 1. The van der Waals surface area contributed by atoms with Crippen molar-refractivity contribution in [3.05, 3.63) is 30.0 Å². The Hall–Kier alpha value is -1.69. The van der Waals surface area contributed by atoms with Crippen molar-refractivity contribution in [2.45, 2.75) is 18.4 Å². The van der Waals surface area contributed by atoms with Gasteiger partial charge < -0.3 is 14.4 Å². The lowest BCUT2D eigenvalue weighted by Gasteiger charge is -2.01. The van der Waals surface area contributed by atoms with E-state index in [4.69, 9.17) is 4.74 Å². The summed E-state index contributed by atoms with van der Waals surface area (Å²) >= 11 is 1.69. The normalized spacial score (nSPS) is 10.6. The van der Waals surface area contributed by atoms with Crippen LogP contribution in [0.3, 0.4) is 0 Å². The maximum absolute atomic E-state index is 11.1. The molecular weight excluding hydrogens is 252 g/mol. The molecule has 6 heteroatoms. The third-order valence-electron chi connectivity index (χ3n) is 2.54. The number of nitrogens with zero attached hydrogens (tertiary/aromatic N) is 2. The summed E-state index contributed by atoms with van der Waals surface area (Å²) in [6.45, 7) is 2.35. The third kappa shape index (κ3) is 2.95. The van der Waals surface area contributed by atoms with Gasteiger partial charge in [0.2, 0.25) is 5.69 Å². The highest BCUT2D eigenvalue weighted by molar-refractivity contribution is 7.99. The Labute approximate surface area is 109 Å². The van der Waals surface area contributed by atoms with Gasteiger partial charge in [-0.2, -0.15) is 0 Å². The van der Waals surface area contributed by atoms with Gasteiger partial charge in [0, 0.05) is 11.8 Å². The van der Waals surface area contributed by atoms with Crippen molar-refractivity contribution >= 4 is 11.8 Å². The van der Waals surface area contributed by atoms with Crippen LogP contribution in [0.5, 0.6) is 11.7 Å². The SMILES string of the molecule is COc1ccc(SCC[n+]2noc([O-])c2C)cc1. The van der Waals surface area contributed by atoms with Gasteiger partial charge in [0.1, 0.15) is 5.75 Å². The van der Waals surface area contributed by atoms with Crippen LogP contribution < -0.4 is 14.5 Å². The smallest absolute Gasteiger partial charge is 0.230 e. The largest absolute Gasteiger partial charge is 0.539 e. The summed E-state index contributed by atoms with van der Waals surface area (Å²) in [4.78, 5) is 1.15. The molecule has 0 spiro atoms. The summed E-state index contributed by atoms with van der Waals surface area (Å²) in [5, 5.41) is 14.7. The number of aromatic nitrogens is 2. The zero-order valence-corrected chi connectivity index (χ0v) is 11.1. The van der Waals surface area contributed by atoms with E-state index in [9.17, 15) is 5.11 Å². The predicted octanol–water partition coefficient (Wildman–Crippen LogP) is 1.15. The van der Waals surface area contributed by atoms with Crippen molar-refractivity contribution in [1.82, 2.24) is 5.27 Å². The first-order valence-electron chi connectivity index (χ1n) is 5.51. The summed E-state index contributed by atoms with van der Waals surface area (Å²) in [6, 6.07) is 7.85. The molecule has 1 aromatic heterocycles. The number of methoxy groups -OCH3 is 1. The van der Waals surface area contributed by atoms with Crippen molar-refractivity contribution < 1.29 is 19.0 Å². The second-order valence-corrected chi connectivity index (χ2v) is 4.86. The molecule has 0 fully saturated rings. The molecule has 0 bridgehead atoms. The highest BCUT2D eigenvalue weighted by atomic mass is 32.2. The van der Waals surface area contributed by atoms with E-state index in [-0.39, 0.29) is 5.95 Å². The number of hydrogen-bond donors (Lipinski definition) is 0. The first-order chi connectivity index (χ1) is 8.70. The first kappa shape index (κ1) is 12.8. The average molecular weight is 266 g/mol. The van der Waals surface area contributed by atoms with E-state index >= 15 is 0 Å². The Morgan fingerprint density at radius 1 is 1.39 bits per heavy atom. The lowest BCUT2D eigenvalue weighted by Crippen LogP contribution is -2.39. The molecule has 0 aliphatic rings. The molecule has 2 aromatic rings. The first-order valence-corrected chi connectivity index (χ1v) is 6.49. The fourth-order valence-corrected chi connectivity index (χ4v) is 2.28. The summed E-state index contributed by atoms with van der Waals surface area (Å²) in [6.07, 6.45) is 0. The van der Waals surface area contributed by atoms with Gasteiger partial charge in [-0.25, -0.2) is 0 Å². The molecular formula is C12H14N2O3S. The molecule has 1 aromatic carbocycles. The second kappa shape index (κ2) is 5.77. The minimum absolute atomic E-state index is 0.371. The highest BCUT2D eigenvalue weighted by Gasteiger charge is 2.11. The molecule has 5 nitrogen and oxygen atoms in total. The Morgan fingerprint density at radius 2 is 2.11 bits per heavy atom. The summed E-state index contributed by atoms with van der Waals surface area (Å²) in [5.74, 6) is 1.30. The highest BCUT2D eigenvalue weighted by Crippen LogP contribution is 2.21. The van der Waals surface area contributed by atoms with E-state index in [1.807, 2.05) is 24.3 Å². The summed E-state index contributed by atoms with van der Waals surface area (Å²) in [7, 11) is 1.65. The van der Waals surface area contributed by atoms with Gasteiger partial charge in [0.15, 0.2) is 12.5 Å². The van der Waals surface area contributed by atoms with Gasteiger partial charge in [-0.15, -0.1) is 11.8 Å². The number of aryl methyl sites for hydroxylation is 1. The van der Waals surface area contributed by atoms with Crippen LogP contribution in [0.1, 0.15) is 5.69 Å². The summed E-state index contributed by atoms with van der Waals surface area (Å²) in [5.41, 5.74) is 0.533. The molecule has 0 radical (unpaired) electrons. The van der Waals surface area contributed by atoms with Gasteiger partial charge in [-0.05, 0) is 24.3 Å². The third-order valence-corrected chi connectivity index (χ3v) is 3.53. The topological polar surface area (TPSA) is 62.2 Å². The number of hydrogen-bond acceptors (Lipinski definition) is 5. The minimum atomic E-state index is -0.371. The quantitative estimate of drug-likeness (QED) is 0.600. The van der Waals surface area contributed by atoms with Crippen molar-refractivity contribution in [1.29, 1.82) is 0 Å². The van der Waals surface area contributed by atoms with Crippen LogP contribution in [0.25, 0.3) is 0 Å². The molecule has 96 valence electrons. The maximum Gasteiger partial charge on any atom is 0.230 e. The Kier molecular flexibility index (Phi) is 4.09. The van der Waals surface area contributed by atoms with E-state index in [0.29, 0.717) is 12.2 Å². The molecule has 0 saturated heterocycles. The molecule has 1 heterocycles. The summed E-state index contributed by atoms with van der Waals surface area (Å²) < 4.78 is 11.2. The predicted molar refractivity (Wildman–Crippen MR) is 64.6 cm³/mol. The van der Waals surface area contributed by atoms with Crippen molar-refractivity contribution in [2.24, 2.45) is 0 Å². The van der Waals surface area contributed by atoms with Crippen LogP contribution in [-0.2, 0) is 6.54 Å². The van der Waals surface area contributed by atoms with Gasteiger partial charge in [0.25, 0.3) is 0 Å². The molecule has 0 unspecified atom stereocenters. The van der Waals surface area contributed by atoms with Gasteiger partial charge in [-0.1, -0.05) is 4.68 Å². The maximum atomic E-state index is 11.1. The van der Waals surface area contributed by atoms with Gasteiger partial charge in [-0.3, -0.25) is 0 Å². The zero-order valence-electron chi connectivity index (χ0n) is 10.3. The molecule has 0 aliphatic carbocycles. The van der Waals surface area contributed by atoms with Crippen molar-refractivity contribution in [3.8, 4) is 11.7 Å². The number of rotatable bonds is 5. The van der Waals surface area contributed by atoms with Crippen LogP contribution in [0.15, 0.2) is 33.7 Å². The lowest BCUT2D eigenvalue weighted by atomic mass is 10.3. The van der Waals surface area contributed by atoms with E-state index < -0.39 is 0 Å². The van der Waals surface area contributed by atoms with E-state index in [1.165, 1.54) is 0 Å². The fraction of sp³-hybridized carbons (Fsp3) is 0.333. The monoisotopic (exact) mass is 266 g/mol. The lowest BCUT2D eigenvalue weighted by molar-refractivity contribution is -0.763. The Bertz CT molecular complexity index is 511. The molecule has 0 atom stereocenters. The minimum Gasteiger partial charge on any atom is -0.539 e. The Morgan fingerprint density at radius 3 is 2.67 bits per heavy atom. The van der Waals surface area contributed by atoms with Crippen molar-refractivity contribution in [2.75, 3.05) is 12.9 Å². The molecule has 0 N–H and O–H groups in total. The van der Waals surface area contributed by atoms with Crippen LogP contribution in [0.2, 0.25) is 0 Å². The van der Waals surface area contributed by atoms with Crippen molar-refractivity contribution in [3.63, 3.8) is 0 Å². The molecule has 2 rings (SSSR count). The van der Waals surface area contributed by atoms with Crippen LogP contribution in [0, 0.1) is 6.92 Å². The molecule has 0 amide bonds. The van der Waals surface area contributed by atoms with Gasteiger partial charge >= 0.3 is 0 Å². The second-order valence-electron chi connectivity index (χ2n) is 3.69. The number of thioether (sulfide) groups is 1. The average Bonchev–Trinajstić information content (AvgIpc) is 2.71. The van der Waals surface area contributed by atoms with Gasteiger partial charge in [0.05, 0.1) is 18.1 Å². The van der Waals surface area contributed by atoms with Crippen LogP contribution in [-0.4, -0.2) is 18.1 Å². The molecule has 0 saturated carbocycles. The fourth-order valence-electron chi connectivity index (χ4n) is 1.45.